The maximum atomic E-state index is 12.7. The molecule has 1 N–H and O–H groups in total. The van der Waals surface area contributed by atoms with Crippen molar-refractivity contribution in [3.05, 3.63) is 54.1 Å². The SMILES string of the molecule is Cn1c(N2CCN(C(=O)Nc3ccc(C(C)(C)C)cc3)CC2)nc2ccccc21. The first-order chi connectivity index (χ1) is 13.8. The number of urea groups is 1. The molecule has 0 radical (unpaired) electrons. The van der Waals surface area contributed by atoms with Crippen LogP contribution in [0, 0.1) is 0 Å². The molecule has 0 atom stereocenters. The van der Waals surface area contributed by atoms with Gasteiger partial charge in [-0.15, -0.1) is 0 Å². The van der Waals surface area contributed by atoms with Crippen LogP contribution in [0.5, 0.6) is 0 Å². The molecule has 2 heterocycles. The van der Waals surface area contributed by atoms with Crippen molar-refractivity contribution in [1.82, 2.24) is 14.5 Å². The second-order valence-electron chi connectivity index (χ2n) is 8.69. The highest BCUT2D eigenvalue weighted by Crippen LogP contribution is 2.24. The van der Waals surface area contributed by atoms with E-state index >= 15 is 0 Å². The van der Waals surface area contributed by atoms with Gasteiger partial charge in [0.05, 0.1) is 11.0 Å². The Labute approximate surface area is 172 Å². The van der Waals surface area contributed by atoms with Crippen LogP contribution in [0.1, 0.15) is 26.3 Å². The van der Waals surface area contributed by atoms with Gasteiger partial charge in [0.2, 0.25) is 5.95 Å². The summed E-state index contributed by atoms with van der Waals surface area (Å²) in [5.74, 6) is 0.962. The molecule has 0 aliphatic carbocycles. The molecule has 0 unspecified atom stereocenters. The van der Waals surface area contributed by atoms with Crippen LogP contribution >= 0.6 is 0 Å². The van der Waals surface area contributed by atoms with E-state index in [1.807, 2.05) is 42.3 Å². The monoisotopic (exact) mass is 391 g/mol. The van der Waals surface area contributed by atoms with Gasteiger partial charge in [-0.1, -0.05) is 45.0 Å². The summed E-state index contributed by atoms with van der Waals surface area (Å²) in [5, 5.41) is 3.03. The molecule has 1 aliphatic rings. The summed E-state index contributed by atoms with van der Waals surface area (Å²) in [7, 11) is 2.05. The molecule has 0 saturated carbocycles. The van der Waals surface area contributed by atoms with Gasteiger partial charge in [0.1, 0.15) is 0 Å². The molecule has 1 fully saturated rings. The average Bonchev–Trinajstić information content (AvgIpc) is 3.05. The Morgan fingerprint density at radius 1 is 0.966 bits per heavy atom. The summed E-state index contributed by atoms with van der Waals surface area (Å²) in [4.78, 5) is 21.6. The fourth-order valence-electron chi connectivity index (χ4n) is 3.78. The molecular weight excluding hydrogens is 362 g/mol. The number of anilines is 2. The van der Waals surface area contributed by atoms with Crippen molar-refractivity contribution < 1.29 is 4.79 Å². The standard InChI is InChI=1S/C23H29N5O/c1-23(2,3)17-9-11-18(12-10-17)24-22(29)28-15-13-27(14-16-28)21-25-19-7-5-6-8-20(19)26(21)4/h5-12H,13-16H2,1-4H3,(H,24,29). The third-order valence-corrected chi connectivity index (χ3v) is 5.62. The van der Waals surface area contributed by atoms with Gasteiger partial charge in [0.15, 0.2) is 0 Å². The molecule has 6 nitrogen and oxygen atoms in total. The zero-order valence-electron chi connectivity index (χ0n) is 17.6. The Bertz CT molecular complexity index is 1010. The number of aryl methyl sites for hydroxylation is 1. The number of hydrogen-bond acceptors (Lipinski definition) is 3. The van der Waals surface area contributed by atoms with Crippen LogP contribution in [0.25, 0.3) is 11.0 Å². The van der Waals surface area contributed by atoms with Crippen LogP contribution < -0.4 is 10.2 Å². The van der Waals surface area contributed by atoms with E-state index in [0.29, 0.717) is 13.1 Å². The van der Waals surface area contributed by atoms with Crippen molar-refractivity contribution in [2.24, 2.45) is 7.05 Å². The zero-order valence-corrected chi connectivity index (χ0v) is 17.6. The van der Waals surface area contributed by atoms with E-state index < -0.39 is 0 Å². The average molecular weight is 392 g/mol. The fraction of sp³-hybridized carbons (Fsp3) is 0.391. The topological polar surface area (TPSA) is 53.4 Å². The Kier molecular flexibility index (Phi) is 4.94. The first-order valence-electron chi connectivity index (χ1n) is 10.2. The number of nitrogens with zero attached hydrogens (tertiary/aromatic N) is 4. The first-order valence-corrected chi connectivity index (χ1v) is 10.2. The fourth-order valence-corrected chi connectivity index (χ4v) is 3.78. The van der Waals surface area contributed by atoms with Gasteiger partial charge < -0.3 is 19.7 Å². The molecule has 6 heteroatoms. The number of nitrogens with one attached hydrogen (secondary N) is 1. The smallest absolute Gasteiger partial charge is 0.321 e. The number of fused-ring (bicyclic) bond motifs is 1. The van der Waals surface area contributed by atoms with E-state index in [4.69, 9.17) is 4.98 Å². The third kappa shape index (κ3) is 3.92. The summed E-state index contributed by atoms with van der Waals surface area (Å²) in [6.45, 7) is 9.45. The van der Waals surface area contributed by atoms with E-state index in [9.17, 15) is 4.79 Å². The predicted octanol–water partition coefficient (Wildman–Crippen LogP) is 4.22. The molecule has 3 aromatic rings. The summed E-state index contributed by atoms with van der Waals surface area (Å²) >= 11 is 0. The molecule has 1 saturated heterocycles. The van der Waals surface area contributed by atoms with Crippen LogP contribution in [0.15, 0.2) is 48.5 Å². The number of aromatic nitrogens is 2. The summed E-state index contributed by atoms with van der Waals surface area (Å²) in [5.41, 5.74) is 4.33. The molecule has 0 bridgehead atoms. The highest BCUT2D eigenvalue weighted by molar-refractivity contribution is 5.89. The third-order valence-electron chi connectivity index (χ3n) is 5.62. The molecule has 1 aliphatic heterocycles. The Morgan fingerprint density at radius 3 is 2.24 bits per heavy atom. The molecule has 152 valence electrons. The van der Waals surface area contributed by atoms with Crippen molar-refractivity contribution >= 4 is 28.7 Å². The van der Waals surface area contributed by atoms with E-state index in [1.54, 1.807) is 0 Å². The molecule has 0 spiro atoms. The maximum absolute atomic E-state index is 12.7. The first kappa shape index (κ1) is 19.3. The minimum Gasteiger partial charge on any atom is -0.339 e. The van der Waals surface area contributed by atoms with Gasteiger partial charge in [0, 0.05) is 38.9 Å². The molecular formula is C23H29N5O. The number of para-hydroxylation sites is 2. The van der Waals surface area contributed by atoms with E-state index in [0.717, 1.165) is 35.8 Å². The second kappa shape index (κ2) is 7.43. The van der Waals surface area contributed by atoms with Gasteiger partial charge in [-0.25, -0.2) is 9.78 Å². The number of rotatable bonds is 2. The van der Waals surface area contributed by atoms with Crippen LogP contribution in [-0.2, 0) is 12.5 Å². The minimum absolute atomic E-state index is 0.0434. The van der Waals surface area contributed by atoms with Crippen LogP contribution in [0.2, 0.25) is 0 Å². The Morgan fingerprint density at radius 2 is 1.62 bits per heavy atom. The normalized spacial score (nSPS) is 15.0. The van der Waals surface area contributed by atoms with Crippen molar-refractivity contribution in [2.75, 3.05) is 36.4 Å². The molecule has 29 heavy (non-hydrogen) atoms. The lowest BCUT2D eigenvalue weighted by Crippen LogP contribution is -2.50. The van der Waals surface area contributed by atoms with Crippen LogP contribution in [-0.4, -0.2) is 46.7 Å². The minimum atomic E-state index is -0.0434. The number of carbonyl (C=O) groups excluding carboxylic acids is 1. The number of benzene rings is 2. The molecule has 2 amide bonds. The van der Waals surface area contributed by atoms with Gasteiger partial charge >= 0.3 is 6.03 Å². The predicted molar refractivity (Wildman–Crippen MR) is 119 cm³/mol. The number of piperazine rings is 1. The number of imidazole rings is 1. The van der Waals surface area contributed by atoms with Crippen molar-refractivity contribution in [2.45, 2.75) is 26.2 Å². The van der Waals surface area contributed by atoms with Gasteiger partial charge in [-0.2, -0.15) is 0 Å². The van der Waals surface area contributed by atoms with E-state index in [1.165, 1.54) is 5.56 Å². The maximum Gasteiger partial charge on any atom is 0.321 e. The summed E-state index contributed by atoms with van der Waals surface area (Å²) in [6, 6.07) is 16.2. The Hall–Kier alpha value is -3.02. The van der Waals surface area contributed by atoms with E-state index in [-0.39, 0.29) is 11.4 Å². The summed E-state index contributed by atoms with van der Waals surface area (Å²) < 4.78 is 2.13. The van der Waals surface area contributed by atoms with Gasteiger partial charge in [-0.05, 0) is 35.2 Å². The highest BCUT2D eigenvalue weighted by Gasteiger charge is 2.24. The second-order valence-corrected chi connectivity index (χ2v) is 8.69. The summed E-state index contributed by atoms with van der Waals surface area (Å²) in [6.07, 6.45) is 0. The van der Waals surface area contributed by atoms with Crippen molar-refractivity contribution in [3.63, 3.8) is 0 Å². The number of hydrogen-bond donors (Lipinski definition) is 1. The van der Waals surface area contributed by atoms with Gasteiger partial charge in [-0.3, -0.25) is 0 Å². The molecule has 1 aromatic heterocycles. The number of carbonyl (C=O) groups is 1. The lowest BCUT2D eigenvalue weighted by Gasteiger charge is -2.35. The largest absolute Gasteiger partial charge is 0.339 e. The molecule has 4 rings (SSSR count). The quantitative estimate of drug-likeness (QED) is 0.711. The van der Waals surface area contributed by atoms with Crippen LogP contribution in [0.4, 0.5) is 16.4 Å². The van der Waals surface area contributed by atoms with Gasteiger partial charge in [0.25, 0.3) is 0 Å². The van der Waals surface area contributed by atoms with Crippen molar-refractivity contribution in [1.29, 1.82) is 0 Å². The van der Waals surface area contributed by atoms with Crippen molar-refractivity contribution in [3.8, 4) is 0 Å². The Balaban J connectivity index is 1.37. The van der Waals surface area contributed by atoms with E-state index in [2.05, 4.69) is 53.8 Å². The zero-order chi connectivity index (χ0) is 20.6. The lowest BCUT2D eigenvalue weighted by atomic mass is 9.87. The molecule has 2 aromatic carbocycles. The lowest BCUT2D eigenvalue weighted by molar-refractivity contribution is 0.208. The highest BCUT2D eigenvalue weighted by atomic mass is 16.2. The van der Waals surface area contributed by atoms with Crippen LogP contribution in [0.3, 0.4) is 0 Å². The number of amides is 2.